The number of amides is 2. The number of carbonyl (C=O) groups excluding carboxylic acids is 3. The smallest absolute Gasteiger partial charge is 0.253 e. The molecule has 1 fully saturated rings. The van der Waals surface area contributed by atoms with Crippen LogP contribution in [0, 0.1) is 47.7 Å². The van der Waals surface area contributed by atoms with Crippen molar-refractivity contribution in [2.45, 2.75) is 135 Å². The molecule has 9 aromatic carbocycles. The Labute approximate surface area is 617 Å². The monoisotopic (exact) mass is 1450 g/mol. The lowest BCUT2D eigenvalue weighted by Crippen LogP contribution is -2.56. The van der Waals surface area contributed by atoms with Crippen LogP contribution in [0.2, 0.25) is 5.02 Å². The highest BCUT2D eigenvalue weighted by Crippen LogP contribution is 2.30. The van der Waals surface area contributed by atoms with E-state index in [-0.39, 0.29) is 31.2 Å². The highest BCUT2D eigenvalue weighted by atomic mass is 35.5. The van der Waals surface area contributed by atoms with E-state index >= 15 is 0 Å². The Hall–Kier alpha value is -9.59. The molecule has 548 valence electrons. The Balaban J connectivity index is 0.000000188. The average molecular weight is 1450 g/mol. The zero-order valence-electron chi connectivity index (χ0n) is 59.4. The third-order valence-corrected chi connectivity index (χ3v) is 18.7. The van der Waals surface area contributed by atoms with Gasteiger partial charge < -0.3 is 30.5 Å². The number of aldehydes is 1. The average Bonchev–Trinajstić information content (AvgIpc) is 0.792. The van der Waals surface area contributed by atoms with Crippen molar-refractivity contribution < 1.29 is 50.9 Å². The summed E-state index contributed by atoms with van der Waals surface area (Å²) in [5.74, 6) is -4.26. The minimum absolute atomic E-state index is 0.0293. The number of aliphatic hydroxyl groups is 2. The molecule has 0 aliphatic carbocycles. The SMILES string of the molecule is CCCN(CCC)C(=O)c1cc(C)cc(C(=O)N[C@@H](Cc2cc(F)cc(F)c2)[C@H](O)[C@H]2C[C@@H](Cc3ccccc3)CCN2)c1.O=C[C@H](Cc1cc(F)cc(F)c1)N(Cc1ccccc1)Cc1ccccc1.O[C@H](c1cc(Cl)ccn1)[C@H](Cc1cc(F)cc(F)c1)N(Cc1ccccc1)Cc1ccccc1. The van der Waals surface area contributed by atoms with Crippen LogP contribution in [0.25, 0.3) is 0 Å². The fourth-order valence-electron chi connectivity index (χ4n) is 13.6. The van der Waals surface area contributed by atoms with Crippen molar-refractivity contribution in [2.24, 2.45) is 5.92 Å². The second kappa shape index (κ2) is 40.6. The van der Waals surface area contributed by atoms with Crippen LogP contribution in [0.4, 0.5) is 26.3 Å². The number of halogens is 7. The first-order valence-electron chi connectivity index (χ1n) is 35.7. The molecule has 2 heterocycles. The van der Waals surface area contributed by atoms with Gasteiger partial charge in [-0.05, 0) is 188 Å². The van der Waals surface area contributed by atoms with E-state index in [9.17, 15) is 50.9 Å². The fourth-order valence-corrected chi connectivity index (χ4v) is 13.7. The second-order valence-corrected chi connectivity index (χ2v) is 27.3. The van der Waals surface area contributed by atoms with Gasteiger partial charge in [-0.1, -0.05) is 177 Å². The Morgan fingerprint density at radius 3 is 1.42 bits per heavy atom. The van der Waals surface area contributed by atoms with E-state index in [1.165, 1.54) is 42.0 Å². The number of aliphatic hydroxyl groups excluding tert-OH is 2. The van der Waals surface area contributed by atoms with Crippen LogP contribution in [-0.4, -0.2) is 97.9 Å². The van der Waals surface area contributed by atoms with Gasteiger partial charge in [0.25, 0.3) is 11.8 Å². The first-order valence-corrected chi connectivity index (χ1v) is 36.1. The molecule has 4 N–H and O–H groups in total. The molecular formula is C87H91ClF6N6O5. The molecule has 11 nitrogen and oxygen atoms in total. The first kappa shape index (κ1) is 79.5. The van der Waals surface area contributed by atoms with Crippen molar-refractivity contribution in [3.05, 3.63) is 350 Å². The third kappa shape index (κ3) is 25.3. The van der Waals surface area contributed by atoms with Crippen LogP contribution in [0.1, 0.15) is 122 Å². The molecule has 18 heteroatoms. The van der Waals surface area contributed by atoms with Gasteiger partial charge in [0, 0.05) is 91.9 Å². The first-order chi connectivity index (χ1) is 50.8. The summed E-state index contributed by atoms with van der Waals surface area (Å²) in [5, 5.41) is 30.0. The molecule has 0 unspecified atom stereocenters. The van der Waals surface area contributed by atoms with Crippen LogP contribution < -0.4 is 10.6 Å². The molecule has 1 aliphatic rings. The predicted molar refractivity (Wildman–Crippen MR) is 402 cm³/mol. The quantitative estimate of drug-likeness (QED) is 0.0256. The van der Waals surface area contributed by atoms with Crippen molar-refractivity contribution in [1.29, 1.82) is 0 Å². The number of rotatable bonds is 30. The topological polar surface area (TPSA) is 138 Å². The van der Waals surface area contributed by atoms with E-state index in [0.29, 0.717) is 96.7 Å². The number of aromatic nitrogens is 1. The third-order valence-electron chi connectivity index (χ3n) is 18.4. The Morgan fingerprint density at radius 2 is 0.971 bits per heavy atom. The number of hydrogen-bond acceptors (Lipinski definition) is 9. The second-order valence-electron chi connectivity index (χ2n) is 26.9. The minimum atomic E-state index is -1.04. The summed E-state index contributed by atoms with van der Waals surface area (Å²) in [5.41, 5.74) is 8.63. The van der Waals surface area contributed by atoms with Gasteiger partial charge in [-0.3, -0.25) is 24.4 Å². The molecule has 0 spiro atoms. The van der Waals surface area contributed by atoms with Crippen LogP contribution >= 0.6 is 11.6 Å². The Morgan fingerprint density at radius 1 is 0.543 bits per heavy atom. The molecule has 1 saturated heterocycles. The predicted octanol–water partition coefficient (Wildman–Crippen LogP) is 17.0. The molecule has 2 amide bonds. The maximum atomic E-state index is 14.1. The summed E-state index contributed by atoms with van der Waals surface area (Å²) in [7, 11) is 0. The largest absolute Gasteiger partial charge is 0.389 e. The maximum Gasteiger partial charge on any atom is 0.253 e. The number of pyridine rings is 1. The molecule has 0 radical (unpaired) electrons. The van der Waals surface area contributed by atoms with E-state index in [2.05, 4.69) is 32.7 Å². The van der Waals surface area contributed by atoms with Gasteiger partial charge in [-0.15, -0.1) is 0 Å². The van der Waals surface area contributed by atoms with E-state index in [1.807, 2.05) is 165 Å². The lowest BCUT2D eigenvalue weighted by atomic mass is 9.83. The van der Waals surface area contributed by atoms with Crippen LogP contribution in [-0.2, 0) is 56.7 Å². The Bertz CT molecular complexity index is 4200. The van der Waals surface area contributed by atoms with Gasteiger partial charge in [0.1, 0.15) is 47.3 Å². The number of piperidine rings is 1. The zero-order valence-corrected chi connectivity index (χ0v) is 60.1. The molecule has 10 aromatic rings. The van der Waals surface area contributed by atoms with E-state index in [0.717, 1.165) is 78.0 Å². The summed E-state index contributed by atoms with van der Waals surface area (Å²) in [6.07, 6.45) is 4.99. The number of hydrogen-bond donors (Lipinski definition) is 4. The molecular weight excluding hydrogens is 1360 g/mol. The van der Waals surface area contributed by atoms with Gasteiger partial charge in [-0.25, -0.2) is 26.3 Å². The van der Waals surface area contributed by atoms with Crippen LogP contribution in [0.3, 0.4) is 0 Å². The lowest BCUT2D eigenvalue weighted by molar-refractivity contribution is -0.112. The maximum absolute atomic E-state index is 14.1. The molecule has 105 heavy (non-hydrogen) atoms. The number of nitrogens with zero attached hydrogens (tertiary/aromatic N) is 4. The van der Waals surface area contributed by atoms with E-state index in [1.54, 1.807) is 41.4 Å². The highest BCUT2D eigenvalue weighted by molar-refractivity contribution is 6.30. The molecule has 1 aromatic heterocycles. The van der Waals surface area contributed by atoms with Crippen molar-refractivity contribution in [3.63, 3.8) is 0 Å². The van der Waals surface area contributed by atoms with Crippen LogP contribution in [0.15, 0.2) is 243 Å². The zero-order chi connectivity index (χ0) is 74.6. The summed E-state index contributed by atoms with van der Waals surface area (Å²) >= 11 is 6.17. The van der Waals surface area contributed by atoms with Gasteiger partial charge in [0.15, 0.2) is 0 Å². The van der Waals surface area contributed by atoms with Crippen molar-refractivity contribution in [1.82, 2.24) is 30.3 Å². The summed E-state index contributed by atoms with van der Waals surface area (Å²) in [6, 6.07) is 65.9. The number of nitrogens with one attached hydrogen (secondary N) is 2. The normalized spacial score (nSPS) is 14.9. The van der Waals surface area contributed by atoms with E-state index in [4.69, 9.17) is 11.6 Å². The lowest BCUT2D eigenvalue weighted by Gasteiger charge is -2.37. The van der Waals surface area contributed by atoms with Gasteiger partial charge in [0.2, 0.25) is 0 Å². The molecule has 1 aliphatic heterocycles. The summed E-state index contributed by atoms with van der Waals surface area (Å²) in [6.45, 7) is 10.0. The fraction of sp³-hybridized carbons (Fsp3) is 0.287. The van der Waals surface area contributed by atoms with Gasteiger partial charge in [-0.2, -0.15) is 0 Å². The van der Waals surface area contributed by atoms with Crippen molar-refractivity contribution in [2.75, 3.05) is 19.6 Å². The molecule has 0 bridgehead atoms. The summed E-state index contributed by atoms with van der Waals surface area (Å²) in [4.78, 5) is 49.2. The number of carbonyl (C=O) groups is 3. The van der Waals surface area contributed by atoms with Crippen LogP contribution in [0.5, 0.6) is 0 Å². The highest BCUT2D eigenvalue weighted by Gasteiger charge is 2.35. The Kier molecular flexibility index (Phi) is 30.8. The molecule has 11 rings (SSSR count). The molecule has 7 atom stereocenters. The van der Waals surface area contributed by atoms with Gasteiger partial charge in [0.05, 0.1) is 23.9 Å². The summed E-state index contributed by atoms with van der Waals surface area (Å²) < 4.78 is 83.3. The van der Waals surface area contributed by atoms with E-state index < -0.39 is 71.1 Å². The number of aryl methyl sites for hydroxylation is 1. The van der Waals surface area contributed by atoms with Gasteiger partial charge >= 0.3 is 0 Å². The molecule has 0 saturated carbocycles. The minimum Gasteiger partial charge on any atom is -0.389 e. The standard InChI is InChI=1S/C36H45F2N3O3.C28H25ClF2N2O.C23H21F2NO/c1-4-13-41(14-5-2)36(44)29-16-24(3)15-28(22-29)35(43)40-33(21-27-18-30(37)23-31(38)19-27)34(42)32-20-26(11-12-39-32)17-25-9-7-6-8-10-25;29-23-11-12-32-26(16-23)28(34)27(15-22-13-24(30)17-25(31)14-22)33(18-20-7-3-1-4-8-20)19-21-9-5-2-6-10-21;24-21-11-20(12-22(25)14-21)13-23(17-27)26(15-18-7-3-1-4-8-18)16-19-9-5-2-6-10-19/h6-10,15-16,18-19,22-23,26,32-34,39,42H,4-5,11-14,17,20-21H2,1-3H3,(H,40,43);1-14,16-17,27-28,34H,15,18-19H2;1-12,14,17,23H,13,15-16H2/t26-,32-,33+,34-;27-,28+;23-/m100/s1. The van der Waals surface area contributed by atoms with Crippen molar-refractivity contribution >= 4 is 29.7 Å². The van der Waals surface area contributed by atoms with Crippen molar-refractivity contribution in [3.8, 4) is 0 Å². The number of benzene rings is 9.